The molecule has 3 heteroatoms. The lowest BCUT2D eigenvalue weighted by Crippen LogP contribution is -1.83. The smallest absolute Gasteiger partial charge is 0.140 e. The number of alkyl halides is 1. The van der Waals surface area contributed by atoms with E-state index in [1.807, 2.05) is 6.07 Å². The zero-order chi connectivity index (χ0) is 7.40. The number of halogens is 1. The Morgan fingerprint density at radius 1 is 1.60 bits per heavy atom. The van der Waals surface area contributed by atoms with E-state index in [2.05, 4.69) is 4.98 Å². The monoisotopic (exact) mass is 152 g/mol. The van der Waals surface area contributed by atoms with Crippen LogP contribution in [-0.2, 0) is 5.88 Å². The lowest BCUT2D eigenvalue weighted by atomic mass is 10.3. The zero-order valence-corrected chi connectivity index (χ0v) is 5.97. The van der Waals surface area contributed by atoms with Gasteiger partial charge in [0.05, 0.1) is 0 Å². The summed E-state index contributed by atoms with van der Waals surface area (Å²) in [7, 11) is 0. The van der Waals surface area contributed by atoms with Crippen molar-refractivity contribution in [3.8, 4) is 6.07 Å². The summed E-state index contributed by atoms with van der Waals surface area (Å²) in [5, 5.41) is 8.36. The molecule has 1 aromatic rings. The molecule has 0 aliphatic rings. The molecule has 0 aliphatic heterocycles. The van der Waals surface area contributed by atoms with Crippen LogP contribution in [0.5, 0.6) is 0 Å². The van der Waals surface area contributed by atoms with Gasteiger partial charge >= 0.3 is 0 Å². The first-order chi connectivity index (χ1) is 4.86. The summed E-state index contributed by atoms with van der Waals surface area (Å²) < 4.78 is 0. The quantitative estimate of drug-likeness (QED) is 0.575. The van der Waals surface area contributed by atoms with E-state index < -0.39 is 0 Å². The molecule has 0 atom stereocenters. The third kappa shape index (κ3) is 1.46. The second-order valence-corrected chi connectivity index (χ2v) is 2.06. The number of rotatable bonds is 1. The number of aromatic nitrogens is 1. The molecule has 0 bridgehead atoms. The van der Waals surface area contributed by atoms with Gasteiger partial charge < -0.3 is 0 Å². The van der Waals surface area contributed by atoms with Crippen molar-refractivity contribution < 1.29 is 0 Å². The van der Waals surface area contributed by atoms with Crippen LogP contribution < -0.4 is 0 Å². The average Bonchev–Trinajstić information content (AvgIpc) is 2.05. The van der Waals surface area contributed by atoms with E-state index in [1.54, 1.807) is 18.3 Å². The lowest BCUT2D eigenvalue weighted by molar-refractivity contribution is 1.21. The molecule has 0 amide bonds. The maximum absolute atomic E-state index is 8.36. The molecule has 0 saturated heterocycles. The van der Waals surface area contributed by atoms with Crippen molar-refractivity contribution in [3.05, 3.63) is 29.6 Å². The molecule has 0 fully saturated rings. The van der Waals surface area contributed by atoms with E-state index in [4.69, 9.17) is 16.9 Å². The van der Waals surface area contributed by atoms with Gasteiger partial charge in [0, 0.05) is 12.1 Å². The molecule has 50 valence electrons. The van der Waals surface area contributed by atoms with Gasteiger partial charge in [-0.15, -0.1) is 11.6 Å². The predicted octanol–water partition coefficient (Wildman–Crippen LogP) is 1.69. The predicted molar refractivity (Wildman–Crippen MR) is 38.5 cm³/mol. The minimum atomic E-state index is 0.425. The van der Waals surface area contributed by atoms with Gasteiger partial charge in [-0.3, -0.25) is 0 Å². The Bertz CT molecular complexity index is 247. The minimum absolute atomic E-state index is 0.425. The van der Waals surface area contributed by atoms with Crippen molar-refractivity contribution in [3.63, 3.8) is 0 Å². The molecule has 10 heavy (non-hydrogen) atoms. The molecule has 0 spiro atoms. The molecule has 0 aliphatic carbocycles. The van der Waals surface area contributed by atoms with E-state index in [0.29, 0.717) is 11.6 Å². The van der Waals surface area contributed by atoms with Crippen molar-refractivity contribution in [1.82, 2.24) is 4.98 Å². The van der Waals surface area contributed by atoms with Crippen LogP contribution in [0, 0.1) is 11.3 Å². The highest BCUT2D eigenvalue weighted by Gasteiger charge is 1.90. The van der Waals surface area contributed by atoms with Crippen LogP contribution in [-0.4, -0.2) is 4.98 Å². The average molecular weight is 153 g/mol. The lowest BCUT2D eigenvalue weighted by Gasteiger charge is -1.91. The maximum atomic E-state index is 8.36. The van der Waals surface area contributed by atoms with Crippen LogP contribution in [0.1, 0.15) is 11.3 Å². The second-order valence-electron chi connectivity index (χ2n) is 1.80. The fourth-order valence-corrected chi connectivity index (χ4v) is 0.728. The number of nitrogens with zero attached hydrogens (tertiary/aromatic N) is 2. The van der Waals surface area contributed by atoms with Crippen LogP contribution in [0.2, 0.25) is 0 Å². The molecule has 1 heterocycles. The van der Waals surface area contributed by atoms with Crippen LogP contribution in [0.15, 0.2) is 18.3 Å². The van der Waals surface area contributed by atoms with E-state index in [1.165, 1.54) is 0 Å². The van der Waals surface area contributed by atoms with Crippen molar-refractivity contribution in [2.75, 3.05) is 0 Å². The van der Waals surface area contributed by atoms with E-state index >= 15 is 0 Å². The first kappa shape index (κ1) is 7.04. The Balaban J connectivity index is 2.93. The van der Waals surface area contributed by atoms with Gasteiger partial charge in [0.25, 0.3) is 0 Å². The normalized spacial score (nSPS) is 8.80. The van der Waals surface area contributed by atoms with E-state index in [0.717, 1.165) is 5.56 Å². The molecule has 0 unspecified atom stereocenters. The van der Waals surface area contributed by atoms with Gasteiger partial charge in [-0.2, -0.15) is 5.26 Å². The van der Waals surface area contributed by atoms with Crippen molar-refractivity contribution in [2.24, 2.45) is 0 Å². The number of hydrogen-bond acceptors (Lipinski definition) is 2. The molecule has 1 rings (SSSR count). The van der Waals surface area contributed by atoms with Crippen molar-refractivity contribution >= 4 is 11.6 Å². The first-order valence-corrected chi connectivity index (χ1v) is 3.31. The fraction of sp³-hybridized carbons (Fsp3) is 0.143. The molecule has 0 aromatic carbocycles. The summed E-state index contributed by atoms with van der Waals surface area (Å²) in [4.78, 5) is 3.82. The number of hydrogen-bond donors (Lipinski definition) is 0. The van der Waals surface area contributed by atoms with Crippen LogP contribution in [0.3, 0.4) is 0 Å². The van der Waals surface area contributed by atoms with Gasteiger partial charge in [-0.1, -0.05) is 6.07 Å². The largest absolute Gasteiger partial charge is 0.245 e. The SMILES string of the molecule is N#Cc1ccc(CCl)cn1. The van der Waals surface area contributed by atoms with Gasteiger partial charge in [-0.25, -0.2) is 4.98 Å². The fourth-order valence-electron chi connectivity index (χ4n) is 0.570. The summed E-state index contributed by atoms with van der Waals surface area (Å²) in [5.41, 5.74) is 1.36. The summed E-state index contributed by atoms with van der Waals surface area (Å²) in [6.45, 7) is 0. The summed E-state index contributed by atoms with van der Waals surface area (Å²) in [6, 6.07) is 5.36. The third-order valence-corrected chi connectivity index (χ3v) is 1.40. The molecule has 1 aromatic heterocycles. The van der Waals surface area contributed by atoms with E-state index in [9.17, 15) is 0 Å². The number of nitriles is 1. The molecule has 0 N–H and O–H groups in total. The third-order valence-electron chi connectivity index (χ3n) is 1.09. The Kier molecular flexibility index (Phi) is 2.24. The minimum Gasteiger partial charge on any atom is -0.245 e. The Hall–Kier alpha value is -1.07. The standard InChI is InChI=1S/C7H5ClN2/c8-3-6-1-2-7(4-9)10-5-6/h1-2,5H,3H2. The van der Waals surface area contributed by atoms with Crippen molar-refractivity contribution in [2.45, 2.75) is 5.88 Å². The highest BCUT2D eigenvalue weighted by atomic mass is 35.5. The zero-order valence-electron chi connectivity index (χ0n) is 5.21. The Morgan fingerprint density at radius 2 is 2.40 bits per heavy atom. The highest BCUT2D eigenvalue weighted by molar-refractivity contribution is 6.17. The van der Waals surface area contributed by atoms with Gasteiger partial charge in [-0.05, 0) is 11.6 Å². The van der Waals surface area contributed by atoms with E-state index in [-0.39, 0.29) is 0 Å². The van der Waals surface area contributed by atoms with Crippen LogP contribution in [0.4, 0.5) is 0 Å². The highest BCUT2D eigenvalue weighted by Crippen LogP contribution is 2.01. The van der Waals surface area contributed by atoms with Crippen molar-refractivity contribution in [1.29, 1.82) is 5.26 Å². The van der Waals surface area contributed by atoms with Crippen LogP contribution >= 0.6 is 11.6 Å². The molecule has 0 radical (unpaired) electrons. The molecule has 2 nitrogen and oxygen atoms in total. The number of pyridine rings is 1. The van der Waals surface area contributed by atoms with Gasteiger partial charge in [0.1, 0.15) is 11.8 Å². The molecular weight excluding hydrogens is 148 g/mol. The first-order valence-electron chi connectivity index (χ1n) is 2.78. The Morgan fingerprint density at radius 3 is 2.80 bits per heavy atom. The Labute approximate surface area is 64.1 Å². The summed E-state index contributed by atoms with van der Waals surface area (Å²) in [5.74, 6) is 0.443. The topological polar surface area (TPSA) is 36.7 Å². The van der Waals surface area contributed by atoms with Crippen LogP contribution in [0.25, 0.3) is 0 Å². The summed E-state index contributed by atoms with van der Waals surface area (Å²) >= 11 is 5.50. The molecule has 0 saturated carbocycles. The summed E-state index contributed by atoms with van der Waals surface area (Å²) in [6.07, 6.45) is 1.60. The maximum Gasteiger partial charge on any atom is 0.140 e. The second kappa shape index (κ2) is 3.19. The molecular formula is C7H5ClN2. The van der Waals surface area contributed by atoms with Gasteiger partial charge in [0.15, 0.2) is 0 Å². The van der Waals surface area contributed by atoms with Gasteiger partial charge in [0.2, 0.25) is 0 Å².